The van der Waals surface area contributed by atoms with E-state index >= 15 is 0 Å². The number of hydrogen-bond acceptors (Lipinski definition) is 5. The van der Waals surface area contributed by atoms with E-state index in [0.29, 0.717) is 5.69 Å². The van der Waals surface area contributed by atoms with E-state index in [-0.39, 0.29) is 18.8 Å². The van der Waals surface area contributed by atoms with Crippen LogP contribution in [-0.4, -0.2) is 35.0 Å². The molecule has 2 heterocycles. The molecule has 0 aliphatic carbocycles. The summed E-state index contributed by atoms with van der Waals surface area (Å²) in [7, 11) is 0. The number of benzene rings is 1. The van der Waals surface area contributed by atoms with Crippen molar-refractivity contribution in [1.29, 1.82) is 0 Å². The monoisotopic (exact) mass is 286 g/mol. The van der Waals surface area contributed by atoms with Crippen molar-refractivity contribution in [2.24, 2.45) is 0 Å². The molecule has 2 aromatic rings. The fraction of sp³-hybridized carbons (Fsp3) is 0.200. The van der Waals surface area contributed by atoms with E-state index in [1.165, 1.54) is 6.08 Å². The highest BCUT2D eigenvalue weighted by molar-refractivity contribution is 6.17. The summed E-state index contributed by atoms with van der Waals surface area (Å²) < 4.78 is 5.48. The Bertz CT molecular complexity index is 760. The largest absolute Gasteiger partial charge is 0.461 e. The maximum Gasteiger partial charge on any atom is 0.277 e. The minimum atomic E-state index is -0.433. The SMILES string of the molecule is Cc1cc2cc(NC3=CC(=O)N(CCO)C3=O)ccc2o1. The van der Waals surface area contributed by atoms with Gasteiger partial charge in [-0.2, -0.15) is 0 Å². The fourth-order valence-corrected chi connectivity index (χ4v) is 2.32. The summed E-state index contributed by atoms with van der Waals surface area (Å²) in [6, 6.07) is 7.32. The van der Waals surface area contributed by atoms with Crippen LogP contribution >= 0.6 is 0 Å². The summed E-state index contributed by atoms with van der Waals surface area (Å²) in [4.78, 5) is 24.7. The zero-order valence-electron chi connectivity index (χ0n) is 11.4. The van der Waals surface area contributed by atoms with E-state index in [0.717, 1.165) is 21.6 Å². The number of hydrogen-bond donors (Lipinski definition) is 2. The molecular weight excluding hydrogens is 272 g/mol. The van der Waals surface area contributed by atoms with Crippen LogP contribution in [0, 0.1) is 6.92 Å². The number of β-amino-alcohol motifs (C(OH)–C–C–N with tert-alkyl or cyclic N) is 1. The maximum absolute atomic E-state index is 12.0. The first kappa shape index (κ1) is 13.4. The van der Waals surface area contributed by atoms with Crippen LogP contribution in [0.1, 0.15) is 5.76 Å². The molecule has 0 saturated heterocycles. The third kappa shape index (κ3) is 2.41. The zero-order chi connectivity index (χ0) is 15.0. The summed E-state index contributed by atoms with van der Waals surface area (Å²) in [5.41, 5.74) is 1.66. The van der Waals surface area contributed by atoms with Crippen molar-refractivity contribution in [2.45, 2.75) is 6.92 Å². The normalized spacial score (nSPS) is 15.0. The van der Waals surface area contributed by atoms with E-state index < -0.39 is 11.8 Å². The summed E-state index contributed by atoms with van der Waals surface area (Å²) >= 11 is 0. The van der Waals surface area contributed by atoms with Gasteiger partial charge in [0.05, 0.1) is 13.2 Å². The molecule has 0 unspecified atom stereocenters. The number of furan rings is 1. The Hall–Kier alpha value is -2.60. The molecule has 0 bridgehead atoms. The van der Waals surface area contributed by atoms with E-state index in [9.17, 15) is 9.59 Å². The first-order chi connectivity index (χ1) is 10.1. The molecule has 1 aliphatic heterocycles. The predicted octanol–water partition coefficient (Wildman–Crippen LogP) is 1.40. The van der Waals surface area contributed by atoms with Crippen molar-refractivity contribution in [3.63, 3.8) is 0 Å². The van der Waals surface area contributed by atoms with Gasteiger partial charge in [-0.1, -0.05) is 0 Å². The van der Waals surface area contributed by atoms with E-state index in [4.69, 9.17) is 9.52 Å². The van der Waals surface area contributed by atoms with Gasteiger partial charge in [0.2, 0.25) is 0 Å². The zero-order valence-corrected chi connectivity index (χ0v) is 11.4. The van der Waals surface area contributed by atoms with Gasteiger partial charge in [-0.25, -0.2) is 0 Å². The van der Waals surface area contributed by atoms with E-state index in [1.807, 2.05) is 19.1 Å². The minimum absolute atomic E-state index is 0.000688. The number of carbonyl (C=O) groups excluding carboxylic acids is 2. The molecule has 6 nitrogen and oxygen atoms in total. The van der Waals surface area contributed by atoms with Crippen LogP contribution in [0.2, 0.25) is 0 Å². The lowest BCUT2D eigenvalue weighted by atomic mass is 10.2. The Morgan fingerprint density at radius 1 is 1.29 bits per heavy atom. The minimum Gasteiger partial charge on any atom is -0.461 e. The number of carbonyl (C=O) groups is 2. The number of amides is 2. The molecule has 1 aromatic carbocycles. The molecule has 108 valence electrons. The smallest absolute Gasteiger partial charge is 0.277 e. The molecule has 0 saturated carbocycles. The van der Waals surface area contributed by atoms with E-state index in [2.05, 4.69) is 5.32 Å². The van der Waals surface area contributed by atoms with Crippen LogP contribution < -0.4 is 5.32 Å². The molecule has 1 aromatic heterocycles. The van der Waals surface area contributed by atoms with Gasteiger partial charge in [0.1, 0.15) is 17.0 Å². The van der Waals surface area contributed by atoms with E-state index in [1.54, 1.807) is 12.1 Å². The van der Waals surface area contributed by atoms with Crippen molar-refractivity contribution in [3.05, 3.63) is 41.8 Å². The summed E-state index contributed by atoms with van der Waals surface area (Å²) in [6.45, 7) is 1.61. The predicted molar refractivity (Wildman–Crippen MR) is 76.5 cm³/mol. The second kappa shape index (κ2) is 5.06. The molecule has 2 amide bonds. The second-order valence-corrected chi connectivity index (χ2v) is 4.81. The summed E-state index contributed by atoms with van der Waals surface area (Å²) in [6.07, 6.45) is 1.24. The van der Waals surface area contributed by atoms with Crippen LogP contribution in [0.3, 0.4) is 0 Å². The van der Waals surface area contributed by atoms with Crippen molar-refractivity contribution in [2.75, 3.05) is 18.5 Å². The van der Waals surface area contributed by atoms with Crippen molar-refractivity contribution >= 4 is 28.5 Å². The highest BCUT2D eigenvalue weighted by Gasteiger charge is 2.30. The number of anilines is 1. The highest BCUT2D eigenvalue weighted by Crippen LogP contribution is 2.24. The number of nitrogens with one attached hydrogen (secondary N) is 1. The quantitative estimate of drug-likeness (QED) is 0.830. The molecule has 3 rings (SSSR count). The molecule has 0 atom stereocenters. The van der Waals surface area contributed by atoms with Crippen LogP contribution in [0.25, 0.3) is 11.0 Å². The van der Waals surface area contributed by atoms with Crippen LogP contribution in [0.15, 0.2) is 40.5 Å². The molecule has 0 fully saturated rings. The molecule has 0 radical (unpaired) electrons. The highest BCUT2D eigenvalue weighted by atomic mass is 16.3. The molecule has 0 spiro atoms. The molecule has 1 aliphatic rings. The topological polar surface area (TPSA) is 82.8 Å². The summed E-state index contributed by atoms with van der Waals surface area (Å²) in [5, 5.41) is 12.7. The van der Waals surface area contributed by atoms with Crippen molar-refractivity contribution < 1.29 is 19.1 Å². The number of imide groups is 1. The van der Waals surface area contributed by atoms with Gasteiger partial charge in [0.25, 0.3) is 11.8 Å². The molecular formula is C15H14N2O4. The Morgan fingerprint density at radius 3 is 2.86 bits per heavy atom. The number of fused-ring (bicyclic) bond motifs is 1. The van der Waals surface area contributed by atoms with Gasteiger partial charge >= 0.3 is 0 Å². The Labute approximate surface area is 120 Å². The van der Waals surface area contributed by atoms with Gasteiger partial charge < -0.3 is 14.8 Å². The Balaban J connectivity index is 1.83. The second-order valence-electron chi connectivity index (χ2n) is 4.81. The lowest BCUT2D eigenvalue weighted by Crippen LogP contribution is -2.34. The van der Waals surface area contributed by atoms with Gasteiger partial charge in [-0.15, -0.1) is 0 Å². The van der Waals surface area contributed by atoms with Crippen LogP contribution in [-0.2, 0) is 9.59 Å². The first-order valence-corrected chi connectivity index (χ1v) is 6.54. The van der Waals surface area contributed by atoms with Gasteiger partial charge in [-0.3, -0.25) is 14.5 Å². The fourth-order valence-electron chi connectivity index (χ4n) is 2.32. The average Bonchev–Trinajstić information content (AvgIpc) is 2.93. The maximum atomic E-state index is 12.0. The number of nitrogens with zero attached hydrogens (tertiary/aromatic N) is 1. The van der Waals surface area contributed by atoms with Crippen molar-refractivity contribution in [3.8, 4) is 0 Å². The lowest BCUT2D eigenvalue weighted by Gasteiger charge is -2.13. The van der Waals surface area contributed by atoms with Gasteiger partial charge in [-0.05, 0) is 31.2 Å². The molecule has 21 heavy (non-hydrogen) atoms. The first-order valence-electron chi connectivity index (χ1n) is 6.54. The van der Waals surface area contributed by atoms with Crippen molar-refractivity contribution in [1.82, 2.24) is 4.90 Å². The van der Waals surface area contributed by atoms with Crippen LogP contribution in [0.4, 0.5) is 5.69 Å². The molecule has 2 N–H and O–H groups in total. The lowest BCUT2D eigenvalue weighted by molar-refractivity contribution is -0.137. The standard InChI is InChI=1S/C15H14N2O4/c1-9-6-10-7-11(2-3-13(10)21-9)16-12-8-14(19)17(4-5-18)15(12)20/h2-3,6-8,16,18H,4-5H2,1H3. The number of aryl methyl sites for hydroxylation is 1. The third-order valence-corrected chi connectivity index (χ3v) is 3.25. The Morgan fingerprint density at radius 2 is 2.10 bits per heavy atom. The van der Waals surface area contributed by atoms with Crippen LogP contribution in [0.5, 0.6) is 0 Å². The number of aliphatic hydroxyl groups is 1. The summed E-state index contributed by atoms with van der Waals surface area (Å²) in [5.74, 6) is -0.0445. The number of aliphatic hydroxyl groups excluding tert-OH is 1. The molecule has 6 heteroatoms. The van der Waals surface area contributed by atoms with Gasteiger partial charge in [0, 0.05) is 17.1 Å². The average molecular weight is 286 g/mol. The Kier molecular flexibility index (Phi) is 3.23. The number of rotatable bonds is 4. The third-order valence-electron chi connectivity index (χ3n) is 3.25. The van der Waals surface area contributed by atoms with Gasteiger partial charge in [0.15, 0.2) is 0 Å².